The first kappa shape index (κ1) is 20.5. The molecule has 0 aromatic heterocycles. The van der Waals surface area contributed by atoms with Gasteiger partial charge in [-0.05, 0) is 37.0 Å². The summed E-state index contributed by atoms with van der Waals surface area (Å²) in [5, 5.41) is 2.95. The highest BCUT2D eigenvalue weighted by molar-refractivity contribution is 7.86. The molecule has 0 radical (unpaired) electrons. The fourth-order valence-electron chi connectivity index (χ4n) is 2.78. The molecule has 1 aromatic carbocycles. The van der Waals surface area contributed by atoms with E-state index in [4.69, 9.17) is 8.92 Å². The lowest BCUT2D eigenvalue weighted by Crippen LogP contribution is -2.43. The van der Waals surface area contributed by atoms with Crippen LogP contribution >= 0.6 is 0 Å². The van der Waals surface area contributed by atoms with Crippen LogP contribution in [0.2, 0.25) is 0 Å². The lowest BCUT2D eigenvalue weighted by Gasteiger charge is -2.26. The van der Waals surface area contributed by atoms with Gasteiger partial charge < -0.3 is 19.1 Å². The van der Waals surface area contributed by atoms with Crippen molar-refractivity contribution in [3.63, 3.8) is 0 Å². The molecule has 0 unspecified atom stereocenters. The van der Waals surface area contributed by atoms with Crippen LogP contribution < -0.4 is 9.50 Å². The molecule has 0 saturated carbocycles. The van der Waals surface area contributed by atoms with Gasteiger partial charge in [-0.25, -0.2) is 4.79 Å². The van der Waals surface area contributed by atoms with Crippen molar-refractivity contribution in [3.8, 4) is 5.75 Å². The zero-order chi connectivity index (χ0) is 19.0. The molecule has 0 bridgehead atoms. The van der Waals surface area contributed by atoms with Crippen LogP contribution in [-0.4, -0.2) is 51.4 Å². The summed E-state index contributed by atoms with van der Waals surface area (Å²) < 4.78 is 32.9. The van der Waals surface area contributed by atoms with E-state index in [1.54, 1.807) is 29.2 Å². The maximum Gasteiger partial charge on any atom is 0.317 e. The summed E-state index contributed by atoms with van der Waals surface area (Å²) in [4.78, 5) is 14.3. The number of ether oxygens (including phenoxy) is 1. The van der Waals surface area contributed by atoms with E-state index in [1.807, 2.05) is 0 Å². The third-order valence-corrected chi connectivity index (χ3v) is 4.58. The number of hydrogen-bond donors (Lipinski definition) is 1. The predicted molar refractivity (Wildman–Crippen MR) is 99.6 cm³/mol. The minimum atomic E-state index is -3.55. The summed E-state index contributed by atoms with van der Waals surface area (Å²) >= 11 is 0. The van der Waals surface area contributed by atoms with Crippen LogP contribution in [0.25, 0.3) is 0 Å². The molecule has 2 rings (SSSR count). The first-order valence-electron chi connectivity index (χ1n) is 9.00. The van der Waals surface area contributed by atoms with Gasteiger partial charge >= 0.3 is 16.1 Å². The Morgan fingerprint density at radius 3 is 2.65 bits per heavy atom. The molecule has 1 N–H and O–H groups in total. The highest BCUT2D eigenvalue weighted by Crippen LogP contribution is 2.18. The molecule has 0 aliphatic carbocycles. The number of hydrogen-bond acceptors (Lipinski definition) is 5. The highest BCUT2D eigenvalue weighted by atomic mass is 32.2. The van der Waals surface area contributed by atoms with Gasteiger partial charge in [0.05, 0.1) is 12.4 Å². The van der Waals surface area contributed by atoms with Gasteiger partial charge in [0.25, 0.3) is 0 Å². The van der Waals surface area contributed by atoms with E-state index < -0.39 is 10.1 Å². The Balaban J connectivity index is 2.00. The molecule has 1 heterocycles. The van der Waals surface area contributed by atoms with Gasteiger partial charge in [-0.3, -0.25) is 0 Å². The Bertz CT molecular complexity index is 669. The van der Waals surface area contributed by atoms with E-state index in [-0.39, 0.29) is 17.9 Å². The van der Waals surface area contributed by atoms with E-state index in [0.29, 0.717) is 19.6 Å². The van der Waals surface area contributed by atoms with Crippen LogP contribution in [-0.2, 0) is 21.4 Å². The Hall–Kier alpha value is -1.80. The quantitative estimate of drug-likeness (QED) is 0.522. The van der Waals surface area contributed by atoms with Crippen molar-refractivity contribution in [2.45, 2.75) is 45.3 Å². The largest absolute Gasteiger partial charge is 0.383 e. The van der Waals surface area contributed by atoms with Gasteiger partial charge in [-0.2, -0.15) is 8.42 Å². The molecule has 1 saturated heterocycles. The lowest BCUT2D eigenvalue weighted by atomic mass is 10.2. The van der Waals surface area contributed by atoms with Crippen molar-refractivity contribution in [2.75, 3.05) is 26.0 Å². The van der Waals surface area contributed by atoms with Crippen LogP contribution in [0, 0.1) is 0 Å². The van der Waals surface area contributed by atoms with Gasteiger partial charge in [-0.1, -0.05) is 25.5 Å². The zero-order valence-corrected chi connectivity index (χ0v) is 16.3. The maximum absolute atomic E-state index is 12.5. The number of unbranched alkanes of at least 4 members (excludes halogenated alkanes) is 1. The molecule has 1 aliphatic rings. The van der Waals surface area contributed by atoms with Gasteiger partial charge in [-0.15, -0.1) is 0 Å². The average molecular weight is 384 g/mol. The zero-order valence-electron chi connectivity index (χ0n) is 15.4. The monoisotopic (exact) mass is 384 g/mol. The van der Waals surface area contributed by atoms with E-state index in [0.717, 1.165) is 44.1 Å². The maximum atomic E-state index is 12.5. The number of amides is 2. The van der Waals surface area contributed by atoms with Crippen LogP contribution in [0.5, 0.6) is 5.75 Å². The first-order valence-corrected chi connectivity index (χ1v) is 10.8. The number of carbonyl (C=O) groups excluding carboxylic acids is 1. The van der Waals surface area contributed by atoms with Gasteiger partial charge in [0.1, 0.15) is 5.75 Å². The van der Waals surface area contributed by atoms with Crippen LogP contribution in [0.3, 0.4) is 0 Å². The van der Waals surface area contributed by atoms with Crippen molar-refractivity contribution < 1.29 is 22.1 Å². The van der Waals surface area contributed by atoms with E-state index in [1.165, 1.54) is 0 Å². The minimum absolute atomic E-state index is 0.0692. The molecule has 1 atom stereocenters. The highest BCUT2D eigenvalue weighted by Gasteiger charge is 2.22. The van der Waals surface area contributed by atoms with Crippen LogP contribution in [0.4, 0.5) is 4.79 Å². The normalized spacial score (nSPS) is 17.1. The first-order chi connectivity index (χ1) is 12.4. The summed E-state index contributed by atoms with van der Waals surface area (Å²) in [7, 11) is -3.55. The molecule has 8 heteroatoms. The standard InChI is InChI=1S/C18H28N2O5S/c1-3-4-11-19-18(21)20(14-17-6-5-12-24-17)13-15-7-9-16(10-8-15)25-26(2,22)23/h7-10,17H,3-6,11-14H2,1-2H3,(H,19,21)/t17-/m0/s1. The number of urea groups is 1. The number of nitrogens with one attached hydrogen (secondary N) is 1. The predicted octanol–water partition coefficient (Wildman–Crippen LogP) is 2.52. The molecule has 1 aliphatic heterocycles. The van der Waals surface area contributed by atoms with Crippen molar-refractivity contribution in [3.05, 3.63) is 29.8 Å². The summed E-state index contributed by atoms with van der Waals surface area (Å²) in [5.41, 5.74) is 0.898. The van der Waals surface area contributed by atoms with E-state index in [2.05, 4.69) is 12.2 Å². The van der Waals surface area contributed by atoms with Crippen molar-refractivity contribution in [1.29, 1.82) is 0 Å². The van der Waals surface area contributed by atoms with Crippen molar-refractivity contribution >= 4 is 16.1 Å². The van der Waals surface area contributed by atoms with Crippen LogP contribution in [0.1, 0.15) is 38.2 Å². The second-order valence-electron chi connectivity index (χ2n) is 6.53. The van der Waals surface area contributed by atoms with Crippen molar-refractivity contribution in [1.82, 2.24) is 10.2 Å². The Morgan fingerprint density at radius 1 is 1.35 bits per heavy atom. The summed E-state index contributed by atoms with van der Waals surface area (Å²) in [5.74, 6) is 0.259. The Labute approximate surface area is 155 Å². The summed E-state index contributed by atoms with van der Waals surface area (Å²) in [6.45, 7) is 4.44. The molecular formula is C18H28N2O5S. The average Bonchev–Trinajstić information content (AvgIpc) is 3.08. The third-order valence-electron chi connectivity index (χ3n) is 4.09. The fourth-order valence-corrected chi connectivity index (χ4v) is 3.24. The SMILES string of the molecule is CCCCNC(=O)N(Cc1ccc(OS(C)(=O)=O)cc1)C[C@@H]1CCCO1. The van der Waals surface area contributed by atoms with Gasteiger partial charge in [0.15, 0.2) is 0 Å². The molecule has 0 spiro atoms. The summed E-state index contributed by atoms with van der Waals surface area (Å²) in [6.07, 6.45) is 5.02. The molecule has 7 nitrogen and oxygen atoms in total. The molecule has 1 fully saturated rings. The second kappa shape index (κ2) is 9.78. The third kappa shape index (κ3) is 7.21. The minimum Gasteiger partial charge on any atom is -0.383 e. The number of benzene rings is 1. The lowest BCUT2D eigenvalue weighted by molar-refractivity contribution is 0.0795. The number of carbonyl (C=O) groups is 1. The molecule has 26 heavy (non-hydrogen) atoms. The Kier molecular flexibility index (Phi) is 7.71. The van der Waals surface area contributed by atoms with E-state index >= 15 is 0 Å². The Morgan fingerprint density at radius 2 is 2.08 bits per heavy atom. The molecule has 2 amide bonds. The van der Waals surface area contributed by atoms with E-state index in [9.17, 15) is 13.2 Å². The van der Waals surface area contributed by atoms with Crippen molar-refractivity contribution in [2.24, 2.45) is 0 Å². The fraction of sp³-hybridized carbons (Fsp3) is 0.611. The molecule has 1 aromatic rings. The van der Waals surface area contributed by atoms with Gasteiger partial charge in [0, 0.05) is 26.2 Å². The second-order valence-corrected chi connectivity index (χ2v) is 8.11. The van der Waals surface area contributed by atoms with Crippen LogP contribution in [0.15, 0.2) is 24.3 Å². The smallest absolute Gasteiger partial charge is 0.317 e. The number of rotatable bonds is 9. The molecule has 146 valence electrons. The summed E-state index contributed by atoms with van der Waals surface area (Å²) in [6, 6.07) is 6.61. The number of nitrogens with zero attached hydrogens (tertiary/aromatic N) is 1. The topological polar surface area (TPSA) is 84.9 Å². The molecular weight excluding hydrogens is 356 g/mol. The van der Waals surface area contributed by atoms with Gasteiger partial charge in [0.2, 0.25) is 0 Å².